The maximum Gasteiger partial charge on any atom is 0.269 e. The third-order valence-electron chi connectivity index (χ3n) is 4.25. The number of nitrogens with zero attached hydrogens (tertiary/aromatic N) is 1. The van der Waals surface area contributed by atoms with Crippen LogP contribution in [0.3, 0.4) is 0 Å². The van der Waals surface area contributed by atoms with Crippen molar-refractivity contribution in [3.05, 3.63) is 54.1 Å². The summed E-state index contributed by atoms with van der Waals surface area (Å²) < 4.78 is 11.3. The predicted molar refractivity (Wildman–Crippen MR) is 98.7 cm³/mol. The molecular weight excluding hydrogens is 332 g/mol. The zero-order valence-electron chi connectivity index (χ0n) is 14.9. The molecule has 1 N–H and O–H groups in total. The van der Waals surface area contributed by atoms with E-state index in [4.69, 9.17) is 9.47 Å². The van der Waals surface area contributed by atoms with Crippen molar-refractivity contribution in [2.24, 2.45) is 0 Å². The summed E-state index contributed by atoms with van der Waals surface area (Å²) in [5.41, 5.74) is 1.20. The lowest BCUT2D eigenvalue weighted by Gasteiger charge is -2.25. The van der Waals surface area contributed by atoms with Gasteiger partial charge in [-0.1, -0.05) is 12.1 Å². The van der Waals surface area contributed by atoms with Crippen LogP contribution >= 0.6 is 0 Å². The van der Waals surface area contributed by atoms with Crippen molar-refractivity contribution in [2.45, 2.75) is 20.0 Å². The number of amides is 2. The van der Waals surface area contributed by atoms with E-state index >= 15 is 0 Å². The maximum absolute atomic E-state index is 12.4. The Morgan fingerprint density at radius 1 is 1.04 bits per heavy atom. The monoisotopic (exact) mass is 354 g/mol. The third kappa shape index (κ3) is 3.79. The Hall–Kier alpha value is -3.02. The molecule has 6 heteroatoms. The zero-order valence-corrected chi connectivity index (χ0v) is 14.9. The lowest BCUT2D eigenvalue weighted by molar-refractivity contribution is -0.125. The summed E-state index contributed by atoms with van der Waals surface area (Å²) in [6, 6.07) is 14.1. The normalized spacial score (nSPS) is 15.2. The minimum absolute atomic E-state index is 0.0199. The van der Waals surface area contributed by atoms with Crippen molar-refractivity contribution in [1.82, 2.24) is 4.90 Å². The van der Waals surface area contributed by atoms with Gasteiger partial charge in [0.15, 0.2) is 11.5 Å². The molecule has 6 nitrogen and oxygen atoms in total. The van der Waals surface area contributed by atoms with Gasteiger partial charge in [0.05, 0.1) is 0 Å². The molecule has 26 heavy (non-hydrogen) atoms. The summed E-state index contributed by atoms with van der Waals surface area (Å²) in [7, 11) is 0. The predicted octanol–water partition coefficient (Wildman–Crippen LogP) is 2.95. The first kappa shape index (κ1) is 17.8. The van der Waals surface area contributed by atoms with Crippen LogP contribution < -0.4 is 14.8 Å². The summed E-state index contributed by atoms with van der Waals surface area (Å²) in [6.45, 7) is 5.37. The largest absolute Gasteiger partial charge is 0.485 e. The Bertz CT molecular complexity index is 785. The number of hydrogen-bond acceptors (Lipinski definition) is 4. The molecule has 0 saturated heterocycles. The number of carbonyl (C=O) groups excluding carboxylic acids is 2. The highest BCUT2D eigenvalue weighted by Gasteiger charge is 2.27. The fourth-order valence-corrected chi connectivity index (χ4v) is 2.76. The number of nitrogens with one attached hydrogen (secondary N) is 1. The average Bonchev–Trinajstić information content (AvgIpc) is 2.69. The fourth-order valence-electron chi connectivity index (χ4n) is 2.76. The molecule has 0 aromatic heterocycles. The van der Waals surface area contributed by atoms with Crippen LogP contribution in [0.5, 0.6) is 11.5 Å². The standard InChI is InChI=1S/C20H22N2O4/c1-3-22(4-2)20(24)14-9-11-15(12-10-14)21-19(23)18-13-25-16-7-5-6-8-17(16)26-18/h5-12,18H,3-4,13H2,1-2H3,(H,21,23)/t18-/m1/s1. The number of fused-ring (bicyclic) bond motifs is 1. The fraction of sp³-hybridized carbons (Fsp3) is 0.300. The van der Waals surface area contributed by atoms with E-state index in [1.54, 1.807) is 41.3 Å². The lowest BCUT2D eigenvalue weighted by atomic mass is 10.1. The van der Waals surface area contributed by atoms with Crippen molar-refractivity contribution < 1.29 is 19.1 Å². The first-order chi connectivity index (χ1) is 12.6. The van der Waals surface area contributed by atoms with Gasteiger partial charge in [-0.05, 0) is 50.2 Å². The molecule has 0 bridgehead atoms. The number of anilines is 1. The molecule has 2 amide bonds. The van der Waals surface area contributed by atoms with E-state index < -0.39 is 6.10 Å². The second-order valence-electron chi connectivity index (χ2n) is 5.91. The second kappa shape index (κ2) is 7.91. The van der Waals surface area contributed by atoms with Gasteiger partial charge in [0.1, 0.15) is 6.61 Å². The minimum atomic E-state index is -0.720. The maximum atomic E-state index is 12.4. The van der Waals surface area contributed by atoms with Crippen molar-refractivity contribution in [3.63, 3.8) is 0 Å². The molecule has 3 rings (SSSR count). The van der Waals surface area contributed by atoms with Crippen molar-refractivity contribution >= 4 is 17.5 Å². The topological polar surface area (TPSA) is 67.9 Å². The van der Waals surface area contributed by atoms with Gasteiger partial charge in [-0.3, -0.25) is 9.59 Å². The Morgan fingerprint density at radius 2 is 1.69 bits per heavy atom. The van der Waals surface area contributed by atoms with Crippen LogP contribution in [0.2, 0.25) is 0 Å². The van der Waals surface area contributed by atoms with Crippen LogP contribution in [0.1, 0.15) is 24.2 Å². The minimum Gasteiger partial charge on any atom is -0.485 e. The molecule has 2 aromatic rings. The van der Waals surface area contributed by atoms with E-state index in [2.05, 4.69) is 5.32 Å². The summed E-state index contributed by atoms with van der Waals surface area (Å²) >= 11 is 0. The van der Waals surface area contributed by atoms with E-state index in [0.717, 1.165) is 0 Å². The average molecular weight is 354 g/mol. The Morgan fingerprint density at radius 3 is 2.35 bits per heavy atom. The van der Waals surface area contributed by atoms with Crippen molar-refractivity contribution in [3.8, 4) is 11.5 Å². The first-order valence-electron chi connectivity index (χ1n) is 8.71. The van der Waals surface area contributed by atoms with Crippen LogP contribution in [-0.4, -0.2) is 42.5 Å². The van der Waals surface area contributed by atoms with Gasteiger partial charge in [0.2, 0.25) is 6.10 Å². The molecule has 0 radical (unpaired) electrons. The van der Waals surface area contributed by atoms with Gasteiger partial charge in [-0.15, -0.1) is 0 Å². The quantitative estimate of drug-likeness (QED) is 0.896. The zero-order chi connectivity index (χ0) is 18.5. The van der Waals surface area contributed by atoms with Crippen LogP contribution in [0.25, 0.3) is 0 Å². The third-order valence-corrected chi connectivity index (χ3v) is 4.25. The number of ether oxygens (including phenoxy) is 2. The second-order valence-corrected chi connectivity index (χ2v) is 5.91. The van der Waals surface area contributed by atoms with Crippen LogP contribution in [0.4, 0.5) is 5.69 Å². The van der Waals surface area contributed by atoms with Crippen LogP contribution in [-0.2, 0) is 4.79 Å². The smallest absolute Gasteiger partial charge is 0.269 e. The van der Waals surface area contributed by atoms with Gasteiger partial charge in [-0.25, -0.2) is 0 Å². The molecule has 136 valence electrons. The number of rotatable bonds is 5. The molecule has 0 spiro atoms. The lowest BCUT2D eigenvalue weighted by Crippen LogP contribution is -2.40. The summed E-state index contributed by atoms with van der Waals surface area (Å²) in [5, 5.41) is 2.80. The molecule has 0 aliphatic carbocycles. The van der Waals surface area contributed by atoms with Gasteiger partial charge in [-0.2, -0.15) is 0 Å². The van der Waals surface area contributed by atoms with Gasteiger partial charge in [0.25, 0.3) is 11.8 Å². The molecule has 2 aromatic carbocycles. The van der Waals surface area contributed by atoms with Crippen LogP contribution in [0.15, 0.2) is 48.5 Å². The highest BCUT2D eigenvalue weighted by molar-refractivity contribution is 5.97. The Kier molecular flexibility index (Phi) is 5.41. The van der Waals surface area contributed by atoms with E-state index in [0.29, 0.717) is 35.8 Å². The molecule has 0 saturated carbocycles. The van der Waals surface area contributed by atoms with E-state index in [9.17, 15) is 9.59 Å². The molecule has 1 aliphatic heterocycles. The van der Waals surface area contributed by atoms with Crippen molar-refractivity contribution in [2.75, 3.05) is 25.0 Å². The molecular formula is C20H22N2O4. The Balaban J connectivity index is 1.63. The summed E-state index contributed by atoms with van der Waals surface area (Å²) in [6.07, 6.45) is -0.720. The molecule has 0 fully saturated rings. The summed E-state index contributed by atoms with van der Waals surface area (Å²) in [5.74, 6) is 0.880. The molecule has 1 atom stereocenters. The first-order valence-corrected chi connectivity index (χ1v) is 8.71. The van der Waals surface area contributed by atoms with E-state index in [-0.39, 0.29) is 18.4 Å². The van der Waals surface area contributed by atoms with Crippen molar-refractivity contribution in [1.29, 1.82) is 0 Å². The number of carbonyl (C=O) groups is 2. The number of para-hydroxylation sites is 2. The molecule has 0 unspecified atom stereocenters. The highest BCUT2D eigenvalue weighted by atomic mass is 16.6. The van der Waals surface area contributed by atoms with E-state index in [1.165, 1.54) is 0 Å². The van der Waals surface area contributed by atoms with Gasteiger partial charge < -0.3 is 19.7 Å². The highest BCUT2D eigenvalue weighted by Crippen LogP contribution is 2.31. The summed E-state index contributed by atoms with van der Waals surface area (Å²) in [4.78, 5) is 26.5. The Labute approximate surface area is 152 Å². The van der Waals surface area contributed by atoms with Crippen LogP contribution in [0, 0.1) is 0 Å². The van der Waals surface area contributed by atoms with Gasteiger partial charge >= 0.3 is 0 Å². The SMILES string of the molecule is CCN(CC)C(=O)c1ccc(NC(=O)[C@H]2COc3ccccc3O2)cc1. The van der Waals surface area contributed by atoms with E-state index in [1.807, 2.05) is 26.0 Å². The van der Waals surface area contributed by atoms with Gasteiger partial charge in [0, 0.05) is 24.3 Å². The number of hydrogen-bond donors (Lipinski definition) is 1. The number of benzene rings is 2. The molecule has 1 heterocycles. The molecule has 1 aliphatic rings.